The van der Waals surface area contributed by atoms with Gasteiger partial charge in [-0.1, -0.05) is 6.92 Å². The van der Waals surface area contributed by atoms with E-state index in [9.17, 15) is 14.4 Å². The fourth-order valence-corrected chi connectivity index (χ4v) is 3.54. The molecule has 0 saturated carbocycles. The molecule has 1 saturated heterocycles. The molecule has 1 fully saturated rings. The van der Waals surface area contributed by atoms with Gasteiger partial charge in [-0.15, -0.1) is 0 Å². The van der Waals surface area contributed by atoms with Crippen LogP contribution in [0.5, 0.6) is 0 Å². The quantitative estimate of drug-likeness (QED) is 0.148. The third-order valence-corrected chi connectivity index (χ3v) is 5.41. The van der Waals surface area contributed by atoms with Crippen molar-refractivity contribution in [3.05, 3.63) is 0 Å². The Balaban J connectivity index is 2.28. The summed E-state index contributed by atoms with van der Waals surface area (Å²) in [7, 11) is 0. The molecule has 0 aromatic carbocycles. The monoisotopic (exact) mass is 485 g/mol. The molecule has 1 rings (SSSR count). The number of carbonyl (C=O) groups is 3. The van der Waals surface area contributed by atoms with E-state index in [1.807, 2.05) is 0 Å². The molecule has 0 aromatic rings. The topological polar surface area (TPSA) is 179 Å². The van der Waals surface area contributed by atoms with Crippen molar-refractivity contribution in [2.24, 2.45) is 5.92 Å². The van der Waals surface area contributed by atoms with Crippen LogP contribution >= 0.6 is 11.8 Å². The van der Waals surface area contributed by atoms with Crippen molar-refractivity contribution in [1.29, 1.82) is 0 Å². The van der Waals surface area contributed by atoms with E-state index in [4.69, 9.17) is 30.3 Å². The molecule has 1 aliphatic rings. The normalized spacial score (nSPS) is 17.1. The van der Waals surface area contributed by atoms with E-state index < -0.39 is 28.6 Å². The molecule has 1 aliphatic heterocycles. The van der Waals surface area contributed by atoms with Gasteiger partial charge in [0.1, 0.15) is 6.04 Å². The van der Waals surface area contributed by atoms with Crippen molar-refractivity contribution in [2.45, 2.75) is 45.1 Å². The molecule has 0 unspecified atom stereocenters. The molecule has 0 spiro atoms. The number of unbranched alkanes of at least 4 members (excludes halogenated alkanes) is 1. The molecular formula is C17H31N3O11S. The smallest absolute Gasteiger partial charge is 0.367 e. The molecular weight excluding hydrogens is 454 g/mol. The van der Waals surface area contributed by atoms with Crippen molar-refractivity contribution in [3.63, 3.8) is 0 Å². The third kappa shape index (κ3) is 11.9. The Bertz CT molecular complexity index is 582. The van der Waals surface area contributed by atoms with Crippen LogP contribution in [0, 0.1) is 5.92 Å². The summed E-state index contributed by atoms with van der Waals surface area (Å²) in [6.07, 6.45) is 2.31. The largest absolute Gasteiger partial charge is 0.464 e. The molecule has 186 valence electrons. The Morgan fingerprint density at radius 2 is 1.56 bits per heavy atom. The molecule has 0 bridgehead atoms. The van der Waals surface area contributed by atoms with Crippen molar-refractivity contribution in [1.82, 2.24) is 15.7 Å². The summed E-state index contributed by atoms with van der Waals surface area (Å²) in [6, 6.07) is -0.689. The summed E-state index contributed by atoms with van der Waals surface area (Å²) in [5, 5.41) is 32.2. The van der Waals surface area contributed by atoms with Crippen molar-refractivity contribution >= 4 is 28.9 Å². The lowest BCUT2D eigenvalue weighted by Gasteiger charge is -2.26. The zero-order valence-electron chi connectivity index (χ0n) is 17.8. The summed E-state index contributed by atoms with van der Waals surface area (Å²) in [6.45, 7) is 2.23. The maximum Gasteiger partial charge on any atom is 0.367 e. The molecule has 0 aromatic heterocycles. The van der Waals surface area contributed by atoms with E-state index in [1.165, 1.54) is 4.90 Å². The number of rotatable bonds is 15. The summed E-state index contributed by atoms with van der Waals surface area (Å²) in [5.74, 6) is -1.10. The minimum atomic E-state index is -0.689. The predicted octanol–water partition coefficient (Wildman–Crippen LogP) is 1.22. The number of likely N-dealkylation sites (tertiary alicyclic amines) is 1. The number of carbonyl (C=O) groups excluding carboxylic acids is 3. The van der Waals surface area contributed by atoms with Gasteiger partial charge < -0.3 is 14.4 Å². The van der Waals surface area contributed by atoms with Gasteiger partial charge in [0, 0.05) is 24.6 Å². The molecule has 1 heterocycles. The maximum atomic E-state index is 12.7. The second kappa shape index (κ2) is 16.1. The van der Waals surface area contributed by atoms with Gasteiger partial charge >= 0.3 is 11.3 Å². The summed E-state index contributed by atoms with van der Waals surface area (Å²) < 4.78 is 10.2. The van der Waals surface area contributed by atoms with E-state index in [-0.39, 0.29) is 49.9 Å². The SMILES string of the molecule is C[C@H](CSC(=O)OCCCCON(O)O)C(=O)N1CCC[C@H]1C(=O)OCCCON(O)O. The van der Waals surface area contributed by atoms with Gasteiger partial charge in [-0.2, -0.15) is 0 Å². The predicted molar refractivity (Wildman–Crippen MR) is 105 cm³/mol. The van der Waals surface area contributed by atoms with Crippen LogP contribution in [0.2, 0.25) is 0 Å². The standard InChI is InChI=1S/C17H31N3O11S/c1-13(12-32-17(23)29-8-2-3-10-30-19(24)25)15(21)18-7-4-6-14(18)16(22)28-9-5-11-31-20(26)27/h13-14,24-27H,2-12H2,1H3/t13-,14+/m1/s1. The second-order valence-corrected chi connectivity index (χ2v) is 7.86. The van der Waals surface area contributed by atoms with E-state index in [0.717, 1.165) is 11.8 Å². The first-order valence-electron chi connectivity index (χ1n) is 10.1. The van der Waals surface area contributed by atoms with Gasteiger partial charge in [-0.25, -0.2) is 9.59 Å². The molecule has 2 atom stereocenters. The first-order valence-corrected chi connectivity index (χ1v) is 11.1. The molecule has 0 aliphatic carbocycles. The lowest BCUT2D eigenvalue weighted by Crippen LogP contribution is -2.44. The minimum Gasteiger partial charge on any atom is -0.464 e. The fourth-order valence-electron chi connectivity index (χ4n) is 2.84. The molecule has 4 N–H and O–H groups in total. The van der Waals surface area contributed by atoms with Crippen LogP contribution in [0.15, 0.2) is 0 Å². The van der Waals surface area contributed by atoms with Crippen LogP contribution in [-0.4, -0.2) is 98.5 Å². The Labute approximate surface area is 189 Å². The van der Waals surface area contributed by atoms with Gasteiger partial charge in [0.15, 0.2) is 0 Å². The van der Waals surface area contributed by atoms with Crippen LogP contribution in [0.3, 0.4) is 0 Å². The summed E-state index contributed by atoms with van der Waals surface area (Å²) in [4.78, 5) is 47.0. The Morgan fingerprint density at radius 3 is 2.22 bits per heavy atom. The Hall–Kier alpha value is -1.56. The number of nitrogens with zero attached hydrogens (tertiary/aromatic N) is 3. The lowest BCUT2D eigenvalue weighted by atomic mass is 10.1. The number of esters is 1. The number of hydrogen-bond acceptors (Lipinski definition) is 14. The van der Waals surface area contributed by atoms with Crippen LogP contribution in [0.25, 0.3) is 0 Å². The van der Waals surface area contributed by atoms with Crippen LogP contribution < -0.4 is 0 Å². The van der Waals surface area contributed by atoms with Crippen molar-refractivity contribution in [2.75, 3.05) is 38.7 Å². The average Bonchev–Trinajstić information content (AvgIpc) is 3.23. The minimum absolute atomic E-state index is 0.00678. The van der Waals surface area contributed by atoms with Gasteiger partial charge in [0.25, 0.3) is 0 Å². The highest BCUT2D eigenvalue weighted by molar-refractivity contribution is 8.13. The van der Waals surface area contributed by atoms with Gasteiger partial charge in [-0.3, -0.25) is 35.3 Å². The third-order valence-electron chi connectivity index (χ3n) is 4.39. The number of amides is 1. The number of thioether (sulfide) groups is 1. The molecule has 14 nitrogen and oxygen atoms in total. The highest BCUT2D eigenvalue weighted by Crippen LogP contribution is 2.23. The van der Waals surface area contributed by atoms with Gasteiger partial charge in [0.05, 0.1) is 37.2 Å². The van der Waals surface area contributed by atoms with Crippen molar-refractivity contribution in [3.8, 4) is 0 Å². The highest BCUT2D eigenvalue weighted by atomic mass is 32.2. The van der Waals surface area contributed by atoms with E-state index in [0.29, 0.717) is 32.2 Å². The molecule has 1 amide bonds. The average molecular weight is 486 g/mol. The molecule has 15 heteroatoms. The van der Waals surface area contributed by atoms with Crippen LogP contribution in [0.1, 0.15) is 39.0 Å². The number of ether oxygens (including phenoxy) is 2. The van der Waals surface area contributed by atoms with Crippen LogP contribution in [-0.2, 0) is 28.7 Å². The van der Waals surface area contributed by atoms with E-state index >= 15 is 0 Å². The van der Waals surface area contributed by atoms with Crippen LogP contribution in [0.4, 0.5) is 4.79 Å². The Kier molecular flexibility index (Phi) is 14.3. The lowest BCUT2D eigenvalue weighted by molar-refractivity contribution is -0.492. The van der Waals surface area contributed by atoms with E-state index in [2.05, 4.69) is 9.68 Å². The maximum absolute atomic E-state index is 12.7. The summed E-state index contributed by atoms with van der Waals surface area (Å²) in [5.41, 5.74) is 0. The zero-order valence-corrected chi connectivity index (χ0v) is 18.6. The second-order valence-electron chi connectivity index (χ2n) is 6.90. The number of hydrogen-bond donors (Lipinski definition) is 4. The van der Waals surface area contributed by atoms with Crippen molar-refractivity contribution < 1.29 is 54.4 Å². The molecule has 0 radical (unpaired) electrons. The summed E-state index contributed by atoms with van der Waals surface area (Å²) >= 11 is 0.869. The first kappa shape index (κ1) is 28.5. The zero-order chi connectivity index (χ0) is 23.9. The highest BCUT2D eigenvalue weighted by Gasteiger charge is 2.37. The Morgan fingerprint density at radius 1 is 0.969 bits per heavy atom. The first-order chi connectivity index (χ1) is 15.2. The van der Waals surface area contributed by atoms with E-state index in [1.54, 1.807) is 6.92 Å². The van der Waals surface area contributed by atoms with Gasteiger partial charge in [0.2, 0.25) is 5.91 Å². The molecule has 32 heavy (non-hydrogen) atoms. The van der Waals surface area contributed by atoms with Gasteiger partial charge in [-0.05, 0) is 37.4 Å². The fraction of sp³-hybridized carbons (Fsp3) is 0.824.